The number of nitrogens with zero attached hydrogens (tertiary/aromatic N) is 1. The Morgan fingerprint density at radius 1 is 1.21 bits per heavy atom. The van der Waals surface area contributed by atoms with Crippen molar-refractivity contribution in [3.05, 3.63) is 39.9 Å². The summed E-state index contributed by atoms with van der Waals surface area (Å²) >= 11 is 0. The Labute approximate surface area is 113 Å². The van der Waals surface area contributed by atoms with E-state index in [-0.39, 0.29) is 10.6 Å². The van der Waals surface area contributed by atoms with E-state index in [0.29, 0.717) is 0 Å². The summed E-state index contributed by atoms with van der Waals surface area (Å²) in [6.45, 7) is 0.978. The minimum atomic E-state index is -0.350. The van der Waals surface area contributed by atoms with E-state index in [0.717, 1.165) is 30.8 Å². The van der Waals surface area contributed by atoms with Crippen LogP contribution in [0, 0.1) is 22.0 Å². The largest absolute Gasteiger partial charge is 0.313 e. The van der Waals surface area contributed by atoms with Gasteiger partial charge in [-0.25, -0.2) is 0 Å². The second-order valence-electron chi connectivity index (χ2n) is 5.91. The number of hydrogen-bond donors (Lipinski definition) is 1. The molecule has 4 heteroatoms. The van der Waals surface area contributed by atoms with Crippen LogP contribution >= 0.6 is 0 Å². The lowest BCUT2D eigenvalue weighted by atomic mass is 9.95. The average molecular weight is 260 g/mol. The van der Waals surface area contributed by atoms with E-state index in [1.54, 1.807) is 12.1 Å². The molecule has 4 nitrogen and oxygen atoms in total. The molecule has 2 fully saturated rings. The minimum Gasteiger partial charge on any atom is -0.313 e. The maximum atomic E-state index is 10.6. The molecule has 3 atom stereocenters. The highest BCUT2D eigenvalue weighted by molar-refractivity contribution is 5.32. The topological polar surface area (TPSA) is 55.2 Å². The monoisotopic (exact) mass is 260 g/mol. The Morgan fingerprint density at radius 2 is 2.00 bits per heavy atom. The van der Waals surface area contributed by atoms with Crippen LogP contribution in [0.25, 0.3) is 0 Å². The molecule has 3 rings (SSSR count). The summed E-state index contributed by atoms with van der Waals surface area (Å²) in [5, 5.41) is 14.2. The summed E-state index contributed by atoms with van der Waals surface area (Å²) in [4.78, 5) is 10.2. The molecule has 0 aromatic heterocycles. The third kappa shape index (κ3) is 2.78. The molecule has 19 heavy (non-hydrogen) atoms. The van der Waals surface area contributed by atoms with Crippen LogP contribution in [0.4, 0.5) is 5.69 Å². The van der Waals surface area contributed by atoms with Gasteiger partial charge in [-0.3, -0.25) is 10.1 Å². The standard InChI is InChI=1S/C15H20N2O2/c18-17(19)14-5-2-11(3-6-14)7-8-16-15-10-12-1-4-13(15)9-12/h2-3,5-6,12-13,15-16H,1,4,7-10H2/t12-,13-,15-/m0/s1. The minimum absolute atomic E-state index is 0.171. The molecule has 2 bridgehead atoms. The summed E-state index contributed by atoms with van der Waals surface area (Å²) in [7, 11) is 0. The molecule has 102 valence electrons. The number of nitro benzene ring substituents is 1. The molecule has 0 heterocycles. The molecule has 0 unspecified atom stereocenters. The normalized spacial score (nSPS) is 28.7. The molecule has 0 radical (unpaired) electrons. The van der Waals surface area contributed by atoms with E-state index in [1.807, 2.05) is 12.1 Å². The molecule has 0 amide bonds. The van der Waals surface area contributed by atoms with Crippen molar-refractivity contribution >= 4 is 5.69 Å². The fourth-order valence-corrected chi connectivity index (χ4v) is 3.68. The van der Waals surface area contributed by atoms with Crippen LogP contribution in [-0.2, 0) is 6.42 Å². The van der Waals surface area contributed by atoms with Crippen molar-refractivity contribution in [3.8, 4) is 0 Å². The fraction of sp³-hybridized carbons (Fsp3) is 0.600. The first-order valence-electron chi connectivity index (χ1n) is 7.19. The number of fused-ring (bicyclic) bond motifs is 2. The summed E-state index contributed by atoms with van der Waals surface area (Å²) in [6.07, 6.45) is 6.57. The molecule has 2 aliphatic rings. The number of nitrogens with one attached hydrogen (secondary N) is 1. The first-order valence-corrected chi connectivity index (χ1v) is 7.19. The van der Waals surface area contributed by atoms with Gasteiger partial charge in [0.25, 0.3) is 5.69 Å². The maximum Gasteiger partial charge on any atom is 0.269 e. The van der Waals surface area contributed by atoms with Gasteiger partial charge in [0.2, 0.25) is 0 Å². The van der Waals surface area contributed by atoms with Gasteiger partial charge < -0.3 is 5.32 Å². The van der Waals surface area contributed by atoms with Crippen LogP contribution in [0.1, 0.15) is 31.2 Å². The molecular formula is C15H20N2O2. The summed E-state index contributed by atoms with van der Waals surface area (Å²) in [5.41, 5.74) is 1.34. The van der Waals surface area contributed by atoms with Gasteiger partial charge in [0.15, 0.2) is 0 Å². The Kier molecular flexibility index (Phi) is 3.51. The molecule has 0 saturated heterocycles. The first-order chi connectivity index (χ1) is 9.22. The van der Waals surface area contributed by atoms with Crippen molar-refractivity contribution in [1.82, 2.24) is 5.32 Å². The highest BCUT2D eigenvalue weighted by atomic mass is 16.6. The van der Waals surface area contributed by atoms with E-state index >= 15 is 0 Å². The van der Waals surface area contributed by atoms with Gasteiger partial charge in [0.05, 0.1) is 4.92 Å². The van der Waals surface area contributed by atoms with Crippen LogP contribution in [0.2, 0.25) is 0 Å². The Bertz CT molecular complexity index is 458. The van der Waals surface area contributed by atoms with Crippen molar-refractivity contribution < 1.29 is 4.92 Å². The zero-order valence-corrected chi connectivity index (χ0v) is 11.0. The quantitative estimate of drug-likeness (QED) is 0.654. The Morgan fingerprint density at radius 3 is 2.58 bits per heavy atom. The molecule has 2 aliphatic carbocycles. The number of nitro groups is 1. The van der Waals surface area contributed by atoms with Crippen LogP contribution < -0.4 is 5.32 Å². The van der Waals surface area contributed by atoms with Crippen molar-refractivity contribution in [2.24, 2.45) is 11.8 Å². The zero-order chi connectivity index (χ0) is 13.2. The molecule has 2 saturated carbocycles. The maximum absolute atomic E-state index is 10.6. The second kappa shape index (κ2) is 5.29. The van der Waals surface area contributed by atoms with Gasteiger partial charge in [0, 0.05) is 18.2 Å². The van der Waals surface area contributed by atoms with E-state index in [9.17, 15) is 10.1 Å². The van der Waals surface area contributed by atoms with E-state index < -0.39 is 0 Å². The summed E-state index contributed by atoms with van der Waals surface area (Å²) in [5.74, 6) is 1.88. The smallest absolute Gasteiger partial charge is 0.269 e. The highest BCUT2D eigenvalue weighted by Gasteiger charge is 2.38. The van der Waals surface area contributed by atoms with E-state index in [1.165, 1.54) is 31.2 Å². The lowest BCUT2D eigenvalue weighted by molar-refractivity contribution is -0.384. The Balaban J connectivity index is 1.46. The predicted octanol–water partition coefficient (Wildman–Crippen LogP) is 2.92. The van der Waals surface area contributed by atoms with Gasteiger partial charge >= 0.3 is 0 Å². The molecular weight excluding hydrogens is 240 g/mol. The molecule has 1 N–H and O–H groups in total. The van der Waals surface area contributed by atoms with Crippen molar-refractivity contribution in [1.29, 1.82) is 0 Å². The molecule has 1 aromatic carbocycles. The molecule has 1 aromatic rings. The highest BCUT2D eigenvalue weighted by Crippen LogP contribution is 2.44. The number of non-ortho nitro benzene ring substituents is 1. The van der Waals surface area contributed by atoms with Crippen molar-refractivity contribution in [2.45, 2.75) is 38.1 Å². The Hall–Kier alpha value is -1.42. The van der Waals surface area contributed by atoms with E-state index in [2.05, 4.69) is 5.32 Å². The SMILES string of the molecule is O=[N+]([O-])c1ccc(CCN[C@H]2C[C@H]3CC[C@H]2C3)cc1. The number of hydrogen-bond acceptors (Lipinski definition) is 3. The fourth-order valence-electron chi connectivity index (χ4n) is 3.68. The van der Waals surface area contributed by atoms with Gasteiger partial charge in [-0.15, -0.1) is 0 Å². The first kappa shape index (κ1) is 12.6. The van der Waals surface area contributed by atoms with Crippen molar-refractivity contribution in [2.75, 3.05) is 6.54 Å². The second-order valence-corrected chi connectivity index (χ2v) is 5.91. The van der Waals surface area contributed by atoms with Gasteiger partial charge in [0.1, 0.15) is 0 Å². The van der Waals surface area contributed by atoms with Crippen molar-refractivity contribution in [3.63, 3.8) is 0 Å². The third-order valence-corrected chi connectivity index (χ3v) is 4.71. The van der Waals surface area contributed by atoms with Gasteiger partial charge in [-0.1, -0.05) is 18.6 Å². The third-order valence-electron chi connectivity index (χ3n) is 4.71. The van der Waals surface area contributed by atoms with E-state index in [4.69, 9.17) is 0 Å². The zero-order valence-electron chi connectivity index (χ0n) is 11.0. The van der Waals surface area contributed by atoms with Gasteiger partial charge in [-0.2, -0.15) is 0 Å². The molecule has 0 aliphatic heterocycles. The van der Waals surface area contributed by atoms with Crippen LogP contribution in [-0.4, -0.2) is 17.5 Å². The lowest BCUT2D eigenvalue weighted by Gasteiger charge is -2.22. The van der Waals surface area contributed by atoms with Gasteiger partial charge in [-0.05, 0) is 49.6 Å². The predicted molar refractivity (Wildman–Crippen MR) is 74.0 cm³/mol. The van der Waals surface area contributed by atoms with Crippen LogP contribution in [0.15, 0.2) is 24.3 Å². The molecule has 0 spiro atoms. The average Bonchev–Trinajstić information content (AvgIpc) is 3.02. The summed E-state index contributed by atoms with van der Waals surface area (Å²) < 4.78 is 0. The number of rotatable bonds is 5. The van der Waals surface area contributed by atoms with Crippen LogP contribution in [0.5, 0.6) is 0 Å². The summed E-state index contributed by atoms with van der Waals surface area (Å²) in [6, 6.07) is 7.62. The lowest BCUT2D eigenvalue weighted by Crippen LogP contribution is -2.35. The van der Waals surface area contributed by atoms with Crippen LogP contribution in [0.3, 0.4) is 0 Å². The number of benzene rings is 1.